The molecule has 0 aliphatic rings. The molecule has 1 atom stereocenters. The summed E-state index contributed by atoms with van der Waals surface area (Å²) in [7, 11) is 1.80. The molecule has 1 rings (SSSR count). The van der Waals surface area contributed by atoms with Crippen LogP contribution in [0.1, 0.15) is 38.2 Å². The van der Waals surface area contributed by atoms with Crippen molar-refractivity contribution in [2.75, 3.05) is 0 Å². The van der Waals surface area contributed by atoms with Crippen LogP contribution in [0.3, 0.4) is 0 Å². The van der Waals surface area contributed by atoms with Crippen molar-refractivity contribution in [1.29, 1.82) is 0 Å². The Bertz CT molecular complexity index is 372. The van der Waals surface area contributed by atoms with Crippen LogP contribution in [0.25, 0.3) is 0 Å². The van der Waals surface area contributed by atoms with Crippen molar-refractivity contribution in [2.45, 2.75) is 50.8 Å². The Morgan fingerprint density at radius 3 is 2.44 bits per heavy atom. The molecule has 1 heterocycles. The third-order valence-electron chi connectivity index (χ3n) is 2.89. The highest BCUT2D eigenvalue weighted by molar-refractivity contribution is 5.04. The zero-order valence-corrected chi connectivity index (χ0v) is 10.7. The zero-order valence-electron chi connectivity index (χ0n) is 10.7. The van der Waals surface area contributed by atoms with Crippen molar-refractivity contribution < 1.29 is 18.3 Å². The zero-order chi connectivity index (χ0) is 13.8. The molecule has 1 aromatic heterocycles. The first-order valence-corrected chi connectivity index (χ1v) is 5.95. The lowest BCUT2D eigenvalue weighted by Gasteiger charge is -2.23. The molecular weight excluding hydrogens is 245 g/mol. The second-order valence-electron chi connectivity index (χ2n) is 4.99. The predicted octanol–water partition coefficient (Wildman–Crippen LogP) is 2.84. The van der Waals surface area contributed by atoms with Crippen LogP contribution in [0, 0.1) is 0 Å². The van der Waals surface area contributed by atoms with Crippen molar-refractivity contribution in [2.24, 2.45) is 7.05 Å². The smallest absolute Gasteiger partial charge is 0.389 e. The van der Waals surface area contributed by atoms with Gasteiger partial charge in [0.25, 0.3) is 0 Å². The summed E-state index contributed by atoms with van der Waals surface area (Å²) in [5.41, 5.74) is -0.0743. The van der Waals surface area contributed by atoms with Gasteiger partial charge in [0.1, 0.15) is 0 Å². The average molecular weight is 264 g/mol. The minimum atomic E-state index is -4.14. The van der Waals surface area contributed by atoms with Gasteiger partial charge in [-0.3, -0.25) is 4.68 Å². The highest BCUT2D eigenvalue weighted by Crippen LogP contribution is 2.26. The van der Waals surface area contributed by atoms with Crippen LogP contribution in [-0.4, -0.2) is 26.7 Å². The van der Waals surface area contributed by atoms with Gasteiger partial charge in [-0.1, -0.05) is 0 Å². The molecule has 1 aromatic rings. The van der Waals surface area contributed by atoms with Crippen LogP contribution in [0.4, 0.5) is 13.2 Å². The molecule has 0 saturated carbocycles. The number of nitrogens with zero attached hydrogens (tertiary/aromatic N) is 2. The SMILES string of the molecule is Cn1cc(CCC(C)(O)CCCC(F)(F)F)cn1. The van der Waals surface area contributed by atoms with Gasteiger partial charge in [-0.15, -0.1) is 0 Å². The molecule has 104 valence electrons. The third-order valence-corrected chi connectivity index (χ3v) is 2.89. The first-order chi connectivity index (χ1) is 8.18. The van der Waals surface area contributed by atoms with Gasteiger partial charge in [-0.2, -0.15) is 18.3 Å². The number of hydrogen-bond acceptors (Lipinski definition) is 2. The van der Waals surface area contributed by atoms with Gasteiger partial charge in [-0.05, 0) is 38.2 Å². The van der Waals surface area contributed by atoms with Gasteiger partial charge in [0.05, 0.1) is 11.8 Å². The summed E-state index contributed by atoms with van der Waals surface area (Å²) in [6.45, 7) is 1.58. The van der Waals surface area contributed by atoms with Crippen LogP contribution in [0.2, 0.25) is 0 Å². The maximum absolute atomic E-state index is 12.0. The standard InChI is InChI=1S/C12H19F3N2O/c1-11(18,5-3-6-12(13,14)15)7-4-10-8-16-17(2)9-10/h8-9,18H,3-7H2,1-2H3. The molecule has 18 heavy (non-hydrogen) atoms. The molecule has 0 aromatic carbocycles. The first-order valence-electron chi connectivity index (χ1n) is 5.95. The fourth-order valence-corrected chi connectivity index (χ4v) is 1.81. The summed E-state index contributed by atoms with van der Waals surface area (Å²) in [4.78, 5) is 0. The van der Waals surface area contributed by atoms with E-state index in [2.05, 4.69) is 5.10 Å². The molecule has 3 nitrogen and oxygen atoms in total. The normalized spacial score (nSPS) is 15.7. The van der Waals surface area contributed by atoms with Crippen molar-refractivity contribution >= 4 is 0 Å². The Morgan fingerprint density at radius 1 is 1.28 bits per heavy atom. The molecule has 0 aliphatic heterocycles. The summed E-state index contributed by atoms with van der Waals surface area (Å²) in [5.74, 6) is 0. The average Bonchev–Trinajstić information content (AvgIpc) is 2.59. The van der Waals surface area contributed by atoms with Gasteiger partial charge < -0.3 is 5.11 Å². The van der Waals surface area contributed by atoms with Crippen LogP contribution >= 0.6 is 0 Å². The van der Waals surface area contributed by atoms with Gasteiger partial charge in [0.15, 0.2) is 0 Å². The van der Waals surface area contributed by atoms with Crippen molar-refractivity contribution in [3.63, 3.8) is 0 Å². The maximum Gasteiger partial charge on any atom is 0.389 e. The summed E-state index contributed by atoms with van der Waals surface area (Å²) in [5, 5.41) is 14.0. The number of halogens is 3. The van der Waals surface area contributed by atoms with E-state index in [4.69, 9.17) is 0 Å². The van der Waals surface area contributed by atoms with Gasteiger partial charge >= 0.3 is 6.18 Å². The van der Waals surface area contributed by atoms with Crippen molar-refractivity contribution in [3.8, 4) is 0 Å². The van der Waals surface area contributed by atoms with Crippen LogP contribution in [-0.2, 0) is 13.5 Å². The molecule has 0 saturated heterocycles. The second-order valence-corrected chi connectivity index (χ2v) is 4.99. The summed E-state index contributed by atoms with van der Waals surface area (Å²) in [6.07, 6.45) is -0.257. The molecule has 1 unspecified atom stereocenters. The number of aliphatic hydroxyl groups is 1. The van der Waals surface area contributed by atoms with E-state index in [1.54, 1.807) is 24.9 Å². The lowest BCUT2D eigenvalue weighted by Crippen LogP contribution is -2.25. The number of alkyl halides is 3. The fraction of sp³-hybridized carbons (Fsp3) is 0.750. The largest absolute Gasteiger partial charge is 0.390 e. The fourth-order valence-electron chi connectivity index (χ4n) is 1.81. The third kappa shape index (κ3) is 6.05. The number of aromatic nitrogens is 2. The summed E-state index contributed by atoms with van der Waals surface area (Å²) >= 11 is 0. The molecular formula is C12H19F3N2O. The molecule has 0 fully saturated rings. The Morgan fingerprint density at radius 2 is 1.94 bits per heavy atom. The van der Waals surface area contributed by atoms with E-state index in [1.165, 1.54) is 0 Å². The quantitative estimate of drug-likeness (QED) is 0.858. The van der Waals surface area contributed by atoms with E-state index in [0.29, 0.717) is 12.8 Å². The highest BCUT2D eigenvalue weighted by Gasteiger charge is 2.28. The molecule has 6 heteroatoms. The topological polar surface area (TPSA) is 38.0 Å². The van der Waals surface area contributed by atoms with Crippen molar-refractivity contribution in [1.82, 2.24) is 9.78 Å². The molecule has 0 amide bonds. The second kappa shape index (κ2) is 5.73. The Labute approximate surface area is 105 Å². The molecule has 0 bridgehead atoms. The van der Waals surface area contributed by atoms with Gasteiger partial charge in [0, 0.05) is 19.7 Å². The van der Waals surface area contributed by atoms with E-state index in [0.717, 1.165) is 5.56 Å². The van der Waals surface area contributed by atoms with E-state index in [-0.39, 0.29) is 12.8 Å². The van der Waals surface area contributed by atoms with E-state index >= 15 is 0 Å². The van der Waals surface area contributed by atoms with E-state index in [9.17, 15) is 18.3 Å². The molecule has 1 N–H and O–H groups in total. The minimum Gasteiger partial charge on any atom is -0.390 e. The number of rotatable bonds is 6. The molecule has 0 aliphatic carbocycles. The van der Waals surface area contributed by atoms with Crippen molar-refractivity contribution in [3.05, 3.63) is 18.0 Å². The molecule has 0 radical (unpaired) electrons. The summed E-state index contributed by atoms with van der Waals surface area (Å²) < 4.78 is 37.6. The Kier molecular flexibility index (Phi) is 4.78. The van der Waals surface area contributed by atoms with Gasteiger partial charge in [-0.25, -0.2) is 0 Å². The van der Waals surface area contributed by atoms with E-state index in [1.807, 2.05) is 6.20 Å². The number of hydrogen-bond donors (Lipinski definition) is 1. The Balaban J connectivity index is 2.31. The lowest BCUT2D eigenvalue weighted by atomic mass is 9.92. The minimum absolute atomic E-state index is 0.0382. The lowest BCUT2D eigenvalue weighted by molar-refractivity contribution is -0.137. The maximum atomic E-state index is 12.0. The first kappa shape index (κ1) is 15.0. The van der Waals surface area contributed by atoms with Gasteiger partial charge in [0.2, 0.25) is 0 Å². The van der Waals surface area contributed by atoms with Crippen LogP contribution < -0.4 is 0 Å². The number of aryl methyl sites for hydroxylation is 2. The Hall–Kier alpha value is -1.04. The highest BCUT2D eigenvalue weighted by atomic mass is 19.4. The molecule has 0 spiro atoms. The van der Waals surface area contributed by atoms with Crippen LogP contribution in [0.15, 0.2) is 12.4 Å². The predicted molar refractivity (Wildman–Crippen MR) is 62.1 cm³/mol. The summed E-state index contributed by atoms with van der Waals surface area (Å²) in [6, 6.07) is 0. The van der Waals surface area contributed by atoms with E-state index < -0.39 is 18.2 Å². The van der Waals surface area contributed by atoms with Crippen LogP contribution in [0.5, 0.6) is 0 Å². The monoisotopic (exact) mass is 264 g/mol.